The van der Waals surface area contributed by atoms with Gasteiger partial charge in [-0.1, -0.05) is 0 Å². The molecule has 0 aliphatic carbocycles. The van der Waals surface area contributed by atoms with E-state index in [9.17, 15) is 0 Å². The number of anilines is 1. The summed E-state index contributed by atoms with van der Waals surface area (Å²) in [6.45, 7) is 4.10. The highest BCUT2D eigenvalue weighted by Crippen LogP contribution is 2.16. The van der Waals surface area contributed by atoms with Gasteiger partial charge in [0.25, 0.3) is 0 Å². The molecule has 4 nitrogen and oxygen atoms in total. The van der Waals surface area contributed by atoms with Gasteiger partial charge in [0.15, 0.2) is 5.82 Å². The van der Waals surface area contributed by atoms with Crippen LogP contribution in [0.4, 0.5) is 5.82 Å². The molecule has 0 radical (unpaired) electrons. The second kappa shape index (κ2) is 3.46. The summed E-state index contributed by atoms with van der Waals surface area (Å²) in [6, 6.07) is 4.17. The van der Waals surface area contributed by atoms with Crippen LogP contribution in [-0.2, 0) is 0 Å². The van der Waals surface area contributed by atoms with Gasteiger partial charge in [0.2, 0.25) is 5.28 Å². The minimum absolute atomic E-state index is 0.247. The third-order valence-corrected chi connectivity index (χ3v) is 1.95. The van der Waals surface area contributed by atoms with E-state index in [1.54, 1.807) is 4.52 Å². The van der Waals surface area contributed by atoms with E-state index < -0.39 is 0 Å². The number of nitrogens with zero attached hydrogens (tertiary/aromatic N) is 3. The summed E-state index contributed by atoms with van der Waals surface area (Å²) in [5, 5.41) is 7.50. The number of aromatic nitrogens is 3. The second-order valence-corrected chi connectivity index (χ2v) is 3.70. The topological polar surface area (TPSA) is 42.2 Å². The Labute approximate surface area is 86.9 Å². The number of nitrogens with one attached hydrogen (secondary N) is 1. The lowest BCUT2D eigenvalue weighted by molar-refractivity contribution is 0.861. The SMILES string of the molecule is CC(C)Nc1nc(Cl)nn2cccc12. The van der Waals surface area contributed by atoms with Gasteiger partial charge in [-0.05, 0) is 37.6 Å². The Balaban J connectivity index is 2.55. The van der Waals surface area contributed by atoms with E-state index in [0.717, 1.165) is 11.3 Å². The van der Waals surface area contributed by atoms with Crippen LogP contribution in [0.1, 0.15) is 13.8 Å². The van der Waals surface area contributed by atoms with Crippen LogP contribution in [0.15, 0.2) is 18.3 Å². The Morgan fingerprint density at radius 1 is 1.50 bits per heavy atom. The first-order valence-corrected chi connectivity index (χ1v) is 4.82. The Kier molecular flexibility index (Phi) is 2.29. The molecule has 0 atom stereocenters. The van der Waals surface area contributed by atoms with Crippen molar-refractivity contribution in [1.29, 1.82) is 0 Å². The largest absolute Gasteiger partial charge is 0.366 e. The fourth-order valence-corrected chi connectivity index (χ4v) is 1.45. The molecule has 0 saturated heterocycles. The van der Waals surface area contributed by atoms with Crippen LogP contribution in [-0.4, -0.2) is 20.6 Å². The summed E-state index contributed by atoms with van der Waals surface area (Å²) in [6.07, 6.45) is 1.84. The molecule has 0 fully saturated rings. The maximum absolute atomic E-state index is 5.78. The molecule has 0 spiro atoms. The summed E-state index contributed by atoms with van der Waals surface area (Å²) in [5.74, 6) is 0.769. The Morgan fingerprint density at radius 2 is 2.29 bits per heavy atom. The van der Waals surface area contributed by atoms with Crippen LogP contribution in [0.2, 0.25) is 5.28 Å². The highest BCUT2D eigenvalue weighted by Gasteiger charge is 2.06. The molecular weight excluding hydrogens is 200 g/mol. The predicted octanol–water partition coefficient (Wildman–Crippen LogP) is 2.20. The molecular formula is C9H11ClN4. The fraction of sp³-hybridized carbons (Fsp3) is 0.333. The first-order chi connectivity index (χ1) is 6.66. The molecule has 0 unspecified atom stereocenters. The van der Waals surface area contributed by atoms with Gasteiger partial charge in [-0.25, -0.2) is 4.52 Å². The maximum atomic E-state index is 5.78. The van der Waals surface area contributed by atoms with Crippen LogP contribution in [0.5, 0.6) is 0 Å². The van der Waals surface area contributed by atoms with Crippen molar-refractivity contribution in [2.24, 2.45) is 0 Å². The van der Waals surface area contributed by atoms with E-state index in [2.05, 4.69) is 29.2 Å². The zero-order valence-corrected chi connectivity index (χ0v) is 8.78. The third-order valence-electron chi connectivity index (χ3n) is 1.79. The number of hydrogen-bond donors (Lipinski definition) is 1. The van der Waals surface area contributed by atoms with Crippen molar-refractivity contribution >= 4 is 22.9 Å². The van der Waals surface area contributed by atoms with Crippen molar-refractivity contribution < 1.29 is 0 Å². The predicted molar refractivity (Wildman–Crippen MR) is 56.8 cm³/mol. The number of rotatable bonds is 2. The van der Waals surface area contributed by atoms with Crippen molar-refractivity contribution in [1.82, 2.24) is 14.6 Å². The van der Waals surface area contributed by atoms with Gasteiger partial charge in [0.05, 0.1) is 0 Å². The van der Waals surface area contributed by atoms with Gasteiger partial charge < -0.3 is 5.32 Å². The molecule has 0 aromatic carbocycles. The summed E-state index contributed by atoms with van der Waals surface area (Å²) in [4.78, 5) is 4.14. The zero-order valence-electron chi connectivity index (χ0n) is 8.03. The van der Waals surface area contributed by atoms with Crippen LogP contribution in [0.3, 0.4) is 0 Å². The minimum Gasteiger partial charge on any atom is -0.366 e. The first kappa shape index (κ1) is 9.27. The molecule has 2 heterocycles. The van der Waals surface area contributed by atoms with Gasteiger partial charge in [0.1, 0.15) is 5.52 Å². The number of hydrogen-bond acceptors (Lipinski definition) is 3. The molecule has 2 aromatic rings. The van der Waals surface area contributed by atoms with Crippen molar-refractivity contribution in [3.63, 3.8) is 0 Å². The smallest absolute Gasteiger partial charge is 0.243 e. The molecule has 0 bridgehead atoms. The average Bonchev–Trinajstić information content (AvgIpc) is 2.50. The second-order valence-electron chi connectivity index (χ2n) is 3.37. The fourth-order valence-electron chi connectivity index (χ4n) is 1.29. The molecule has 2 rings (SSSR count). The summed E-state index contributed by atoms with van der Waals surface area (Å²) in [5.41, 5.74) is 0.933. The summed E-state index contributed by atoms with van der Waals surface area (Å²) < 4.78 is 1.71. The highest BCUT2D eigenvalue weighted by atomic mass is 35.5. The van der Waals surface area contributed by atoms with Crippen LogP contribution < -0.4 is 5.32 Å². The number of halogens is 1. The molecule has 0 amide bonds. The van der Waals surface area contributed by atoms with Gasteiger partial charge in [-0.3, -0.25) is 0 Å². The molecule has 74 valence electrons. The summed E-state index contributed by atoms with van der Waals surface area (Å²) >= 11 is 5.78. The lowest BCUT2D eigenvalue weighted by Crippen LogP contribution is -2.12. The van der Waals surface area contributed by atoms with Crippen LogP contribution in [0, 0.1) is 0 Å². The van der Waals surface area contributed by atoms with Gasteiger partial charge in [-0.15, -0.1) is 5.10 Å². The number of fused-ring (bicyclic) bond motifs is 1. The normalized spacial score (nSPS) is 11.1. The molecule has 0 saturated carbocycles. The summed E-state index contributed by atoms with van der Waals surface area (Å²) in [7, 11) is 0. The monoisotopic (exact) mass is 210 g/mol. The molecule has 0 aliphatic heterocycles. The molecule has 1 N–H and O–H groups in total. The Bertz CT molecular complexity index is 449. The minimum atomic E-state index is 0.247. The van der Waals surface area contributed by atoms with E-state index in [-0.39, 0.29) is 5.28 Å². The van der Waals surface area contributed by atoms with Gasteiger partial charge in [0, 0.05) is 12.2 Å². The standard InChI is InChI=1S/C9H11ClN4/c1-6(2)11-8-7-4-3-5-14(7)13-9(10)12-8/h3-6H,1-2H3,(H,11,12,13). The third kappa shape index (κ3) is 1.65. The van der Waals surface area contributed by atoms with Crippen LogP contribution in [0.25, 0.3) is 5.52 Å². The van der Waals surface area contributed by atoms with Crippen LogP contribution >= 0.6 is 11.6 Å². The van der Waals surface area contributed by atoms with E-state index in [4.69, 9.17) is 11.6 Å². The van der Waals surface area contributed by atoms with E-state index >= 15 is 0 Å². The Morgan fingerprint density at radius 3 is 3.00 bits per heavy atom. The highest BCUT2D eigenvalue weighted by molar-refractivity contribution is 6.28. The lowest BCUT2D eigenvalue weighted by Gasteiger charge is -2.10. The average molecular weight is 211 g/mol. The van der Waals surface area contributed by atoms with E-state index in [0.29, 0.717) is 6.04 Å². The lowest BCUT2D eigenvalue weighted by atomic mass is 10.4. The van der Waals surface area contributed by atoms with Crippen molar-refractivity contribution in [2.45, 2.75) is 19.9 Å². The van der Waals surface area contributed by atoms with Crippen molar-refractivity contribution in [3.05, 3.63) is 23.6 Å². The van der Waals surface area contributed by atoms with Crippen molar-refractivity contribution in [3.8, 4) is 0 Å². The van der Waals surface area contributed by atoms with Gasteiger partial charge >= 0.3 is 0 Å². The zero-order chi connectivity index (χ0) is 10.1. The molecule has 0 aliphatic rings. The van der Waals surface area contributed by atoms with E-state index in [1.165, 1.54) is 0 Å². The first-order valence-electron chi connectivity index (χ1n) is 4.44. The van der Waals surface area contributed by atoms with Crippen molar-refractivity contribution in [2.75, 3.05) is 5.32 Å². The maximum Gasteiger partial charge on any atom is 0.243 e. The molecule has 5 heteroatoms. The molecule has 14 heavy (non-hydrogen) atoms. The van der Waals surface area contributed by atoms with Gasteiger partial charge in [-0.2, -0.15) is 4.98 Å². The quantitative estimate of drug-likeness (QED) is 0.827. The Hall–Kier alpha value is -1.29. The molecule has 2 aromatic heterocycles. The van der Waals surface area contributed by atoms with E-state index in [1.807, 2.05) is 18.3 Å².